The molecule has 1 saturated heterocycles. The van der Waals surface area contributed by atoms with Crippen LogP contribution in [0.25, 0.3) is 0 Å². The van der Waals surface area contributed by atoms with E-state index < -0.39 is 18.2 Å². The van der Waals surface area contributed by atoms with Gasteiger partial charge in [0.25, 0.3) is 5.91 Å². The number of carbonyl (C=O) groups excluding carboxylic acids is 1. The van der Waals surface area contributed by atoms with E-state index in [-0.39, 0.29) is 31.4 Å². The maximum absolute atomic E-state index is 12.5. The molecule has 1 N–H and O–H groups in total. The first-order valence-corrected chi connectivity index (χ1v) is 9.11. The van der Waals surface area contributed by atoms with Crippen LogP contribution in [0.5, 0.6) is 5.75 Å². The van der Waals surface area contributed by atoms with Gasteiger partial charge in [-0.1, -0.05) is 12.1 Å². The summed E-state index contributed by atoms with van der Waals surface area (Å²) >= 11 is 0. The molecule has 0 radical (unpaired) electrons. The van der Waals surface area contributed by atoms with Gasteiger partial charge < -0.3 is 24.2 Å². The van der Waals surface area contributed by atoms with Gasteiger partial charge in [-0.25, -0.2) is 0 Å². The second-order valence-corrected chi connectivity index (χ2v) is 6.31. The number of halogens is 3. The summed E-state index contributed by atoms with van der Waals surface area (Å²) in [4.78, 5) is 13.9. The van der Waals surface area contributed by atoms with Crippen LogP contribution in [0.2, 0.25) is 0 Å². The lowest BCUT2D eigenvalue weighted by Gasteiger charge is -2.20. The molecule has 0 bridgehead atoms. The molecule has 9 heteroatoms. The molecule has 1 aromatic rings. The number of benzene rings is 1. The Morgan fingerprint density at radius 1 is 1.21 bits per heavy atom. The fourth-order valence-electron chi connectivity index (χ4n) is 2.80. The van der Waals surface area contributed by atoms with E-state index in [1.54, 1.807) is 36.1 Å². The van der Waals surface area contributed by atoms with Crippen LogP contribution in [0.3, 0.4) is 0 Å². The molecular weight excluding hydrogens is 391 g/mol. The van der Waals surface area contributed by atoms with Crippen molar-refractivity contribution in [2.75, 3.05) is 19.7 Å². The van der Waals surface area contributed by atoms with E-state index in [0.717, 1.165) is 5.56 Å². The Hall–Kier alpha value is -2.68. The maximum Gasteiger partial charge on any atom is 0.573 e. The molecule has 1 aliphatic rings. The third kappa shape index (κ3) is 7.01. The minimum atomic E-state index is -4.82. The number of nitrogens with zero attached hydrogens (tertiary/aromatic N) is 1. The van der Waals surface area contributed by atoms with Crippen molar-refractivity contribution >= 4 is 5.91 Å². The zero-order valence-electron chi connectivity index (χ0n) is 16.2. The average molecular weight is 415 g/mol. The zero-order chi connectivity index (χ0) is 21.4. The zero-order valence-corrected chi connectivity index (χ0v) is 16.2. The van der Waals surface area contributed by atoms with Gasteiger partial charge in [-0.05, 0) is 43.7 Å². The van der Waals surface area contributed by atoms with Crippen LogP contribution in [0.4, 0.5) is 13.2 Å². The third-order valence-electron chi connectivity index (χ3n) is 4.25. The molecule has 1 atom stereocenters. The summed E-state index contributed by atoms with van der Waals surface area (Å²) in [7, 11) is 0. The molecule has 1 fully saturated rings. The van der Waals surface area contributed by atoms with Crippen molar-refractivity contribution < 1.29 is 37.3 Å². The Kier molecular flexibility index (Phi) is 7.95. The fourth-order valence-corrected chi connectivity index (χ4v) is 2.80. The molecule has 1 aliphatic heterocycles. The highest BCUT2D eigenvalue weighted by molar-refractivity contribution is 5.78. The largest absolute Gasteiger partial charge is 0.573 e. The number of carbonyl (C=O) groups is 1. The van der Waals surface area contributed by atoms with Crippen LogP contribution in [0.1, 0.15) is 25.8 Å². The highest BCUT2D eigenvalue weighted by Crippen LogP contribution is 2.27. The van der Waals surface area contributed by atoms with Gasteiger partial charge in [0.2, 0.25) is 0 Å². The summed E-state index contributed by atoms with van der Waals surface area (Å²) in [6.45, 7) is 3.38. The number of hydrogen-bond donors (Lipinski definition) is 1. The van der Waals surface area contributed by atoms with Crippen LogP contribution in [-0.4, -0.2) is 48.1 Å². The van der Waals surface area contributed by atoms with E-state index in [1.165, 1.54) is 19.1 Å². The van der Waals surface area contributed by atoms with Gasteiger partial charge in [-0.2, -0.15) is 0 Å². The first-order chi connectivity index (χ1) is 13.8. The summed E-state index contributed by atoms with van der Waals surface area (Å²) in [6, 6.07) is 6.71. The standard InChI is InChI=1S/C20H24F3NO5/c1-3-17(18(4-2)29-20(21,22)23)28-16-9-10-24(11-16)19(26)13-27-15-7-5-14(12-25)6-8-15/h3-8,16,25H,9-13H2,1-2H3/b17-3+,18-4+/t16-/m0/s1. The summed E-state index contributed by atoms with van der Waals surface area (Å²) < 4.78 is 52.6. The molecule has 0 aromatic heterocycles. The first kappa shape index (κ1) is 22.6. The van der Waals surface area contributed by atoms with Crippen molar-refractivity contribution in [3.8, 4) is 5.75 Å². The topological polar surface area (TPSA) is 68.2 Å². The van der Waals surface area contributed by atoms with Crippen molar-refractivity contribution in [2.24, 2.45) is 0 Å². The summed E-state index contributed by atoms with van der Waals surface area (Å²) in [5, 5.41) is 9.02. The average Bonchev–Trinajstić information content (AvgIpc) is 3.17. The number of allylic oxidation sites excluding steroid dienone is 2. The third-order valence-corrected chi connectivity index (χ3v) is 4.25. The second kappa shape index (κ2) is 10.2. The van der Waals surface area contributed by atoms with Crippen LogP contribution in [0, 0.1) is 0 Å². The number of ether oxygens (including phenoxy) is 3. The predicted octanol–water partition coefficient (Wildman–Crippen LogP) is 3.52. The number of hydrogen-bond acceptors (Lipinski definition) is 5. The van der Waals surface area contributed by atoms with E-state index in [2.05, 4.69) is 4.74 Å². The Morgan fingerprint density at radius 2 is 1.86 bits per heavy atom. The van der Waals surface area contributed by atoms with Crippen molar-refractivity contribution in [2.45, 2.75) is 39.3 Å². The van der Waals surface area contributed by atoms with Gasteiger partial charge in [0, 0.05) is 13.0 Å². The maximum atomic E-state index is 12.5. The van der Waals surface area contributed by atoms with Crippen molar-refractivity contribution in [1.82, 2.24) is 4.90 Å². The second-order valence-electron chi connectivity index (χ2n) is 6.31. The molecule has 160 valence electrons. The number of aliphatic hydroxyl groups excluding tert-OH is 1. The number of likely N-dealkylation sites (tertiary alicyclic amines) is 1. The van der Waals surface area contributed by atoms with Crippen LogP contribution in [-0.2, 0) is 20.9 Å². The van der Waals surface area contributed by atoms with E-state index in [4.69, 9.17) is 14.6 Å². The van der Waals surface area contributed by atoms with Gasteiger partial charge in [-0.15, -0.1) is 13.2 Å². The molecule has 0 saturated carbocycles. The highest BCUT2D eigenvalue weighted by Gasteiger charge is 2.34. The normalized spacial score (nSPS) is 18.0. The molecule has 0 unspecified atom stereocenters. The Balaban J connectivity index is 1.85. The SMILES string of the molecule is C/C=C(O[C@H]1CCN(C(=O)COc2ccc(CO)cc2)C1)\C(=C/C)OC(F)(F)F. The fraction of sp³-hybridized carbons (Fsp3) is 0.450. The van der Waals surface area contributed by atoms with Crippen molar-refractivity contribution in [3.63, 3.8) is 0 Å². The summed E-state index contributed by atoms with van der Waals surface area (Å²) in [5.41, 5.74) is 0.734. The summed E-state index contributed by atoms with van der Waals surface area (Å²) in [6.07, 6.45) is -2.21. The van der Waals surface area contributed by atoms with Crippen molar-refractivity contribution in [1.29, 1.82) is 0 Å². The van der Waals surface area contributed by atoms with E-state index in [1.807, 2.05) is 0 Å². The minimum Gasteiger partial charge on any atom is -0.485 e. The highest BCUT2D eigenvalue weighted by atomic mass is 19.4. The summed E-state index contributed by atoms with van der Waals surface area (Å²) in [5.74, 6) is -0.188. The lowest BCUT2D eigenvalue weighted by atomic mass is 10.2. The lowest BCUT2D eigenvalue weighted by Crippen LogP contribution is -2.34. The molecular formula is C20H24F3NO5. The minimum absolute atomic E-state index is 0.0238. The van der Waals surface area contributed by atoms with Gasteiger partial charge >= 0.3 is 6.36 Å². The van der Waals surface area contributed by atoms with Gasteiger partial charge in [0.1, 0.15) is 11.9 Å². The van der Waals surface area contributed by atoms with Gasteiger partial charge in [-0.3, -0.25) is 4.79 Å². The molecule has 1 amide bonds. The van der Waals surface area contributed by atoms with E-state index in [9.17, 15) is 18.0 Å². The number of rotatable bonds is 8. The predicted molar refractivity (Wildman–Crippen MR) is 98.6 cm³/mol. The molecule has 0 aliphatic carbocycles. The van der Waals surface area contributed by atoms with E-state index >= 15 is 0 Å². The monoisotopic (exact) mass is 415 g/mol. The van der Waals surface area contributed by atoms with E-state index in [0.29, 0.717) is 18.7 Å². The quantitative estimate of drug-likeness (QED) is 0.520. The van der Waals surface area contributed by atoms with Crippen LogP contribution < -0.4 is 4.74 Å². The molecule has 1 aromatic carbocycles. The number of amides is 1. The smallest absolute Gasteiger partial charge is 0.485 e. The van der Waals surface area contributed by atoms with Gasteiger partial charge in [0.05, 0.1) is 13.2 Å². The Morgan fingerprint density at radius 3 is 2.41 bits per heavy atom. The van der Waals surface area contributed by atoms with Crippen LogP contribution in [0.15, 0.2) is 47.9 Å². The number of aliphatic hydroxyl groups is 1. The molecule has 2 rings (SSSR count). The molecule has 29 heavy (non-hydrogen) atoms. The Bertz CT molecular complexity index is 743. The molecule has 0 spiro atoms. The van der Waals surface area contributed by atoms with Gasteiger partial charge in [0.15, 0.2) is 18.1 Å². The van der Waals surface area contributed by atoms with Crippen molar-refractivity contribution in [3.05, 3.63) is 53.5 Å². The number of alkyl halides is 3. The molecule has 6 nitrogen and oxygen atoms in total. The van der Waals surface area contributed by atoms with Crippen LogP contribution >= 0.6 is 0 Å². The lowest BCUT2D eigenvalue weighted by molar-refractivity contribution is -0.305. The molecule has 1 heterocycles. The Labute approximate surface area is 167 Å². The first-order valence-electron chi connectivity index (χ1n) is 9.11.